The number of rotatable bonds is 7. The highest BCUT2D eigenvalue weighted by molar-refractivity contribution is 5.93. The number of carboxylic acid groups (broad SMARTS) is 1. The van der Waals surface area contributed by atoms with E-state index in [1.165, 1.54) is 0 Å². The normalized spacial score (nSPS) is 13.7. The summed E-state index contributed by atoms with van der Waals surface area (Å²) in [7, 11) is 1.95. The number of fused-ring (bicyclic) bond motifs is 3. The summed E-state index contributed by atoms with van der Waals surface area (Å²) >= 11 is 0. The Labute approximate surface area is 171 Å². The number of anilines is 1. The Kier molecular flexibility index (Phi) is 7.12. The summed E-state index contributed by atoms with van der Waals surface area (Å²) in [4.78, 5) is 29.2. The number of aromatic amines is 1. The number of pyridine rings is 1. The van der Waals surface area contributed by atoms with E-state index in [2.05, 4.69) is 27.3 Å². The number of aliphatic carboxylic acids is 1. The van der Waals surface area contributed by atoms with Gasteiger partial charge in [0.2, 0.25) is 0 Å². The summed E-state index contributed by atoms with van der Waals surface area (Å²) in [6.07, 6.45) is 2.99. The second kappa shape index (κ2) is 8.97. The molecular formula is C21H30ClN3O3. The first-order valence-corrected chi connectivity index (χ1v) is 9.74. The highest BCUT2D eigenvalue weighted by atomic mass is 35.5. The number of carboxylic acids is 1. The molecule has 154 valence electrons. The largest absolute Gasteiger partial charge is 0.481 e. The average Bonchev–Trinajstić information content (AvgIpc) is 2.66. The minimum absolute atomic E-state index is 0. The molecule has 1 aliphatic rings. The minimum Gasteiger partial charge on any atom is -0.481 e. The van der Waals surface area contributed by atoms with E-state index in [0.29, 0.717) is 25.9 Å². The van der Waals surface area contributed by atoms with E-state index in [1.807, 2.05) is 27.0 Å². The van der Waals surface area contributed by atoms with Gasteiger partial charge in [-0.2, -0.15) is 0 Å². The van der Waals surface area contributed by atoms with Gasteiger partial charge in [-0.15, -0.1) is 12.4 Å². The van der Waals surface area contributed by atoms with Crippen LogP contribution in [0.2, 0.25) is 0 Å². The van der Waals surface area contributed by atoms with E-state index in [4.69, 9.17) is 0 Å². The molecule has 6 nitrogen and oxygen atoms in total. The molecule has 0 bridgehead atoms. The molecule has 0 saturated carbocycles. The number of hydrogen-bond donors (Lipinski definition) is 3. The molecule has 0 aliphatic carbocycles. The number of carbonyl (C=O) groups is 1. The third kappa shape index (κ3) is 4.18. The molecular weight excluding hydrogens is 378 g/mol. The van der Waals surface area contributed by atoms with Crippen LogP contribution in [0.4, 0.5) is 5.69 Å². The lowest BCUT2D eigenvalue weighted by atomic mass is 9.82. The SMILES string of the molecule is CCC(CC)(CN(C)Cc1ccc2c3c(c(=O)[nH]c2c1)CCCN3)C(=O)O.Cl. The van der Waals surface area contributed by atoms with Crippen molar-refractivity contribution in [2.24, 2.45) is 5.41 Å². The number of nitrogens with one attached hydrogen (secondary N) is 2. The van der Waals surface area contributed by atoms with Gasteiger partial charge in [0.1, 0.15) is 0 Å². The van der Waals surface area contributed by atoms with Gasteiger partial charge in [0.25, 0.3) is 5.56 Å². The Morgan fingerprint density at radius 3 is 2.64 bits per heavy atom. The maximum atomic E-state index is 12.4. The van der Waals surface area contributed by atoms with E-state index in [-0.39, 0.29) is 18.0 Å². The van der Waals surface area contributed by atoms with Gasteiger partial charge in [-0.1, -0.05) is 26.0 Å². The van der Waals surface area contributed by atoms with Gasteiger partial charge in [0.15, 0.2) is 0 Å². The van der Waals surface area contributed by atoms with E-state index >= 15 is 0 Å². The zero-order chi connectivity index (χ0) is 19.6. The first-order chi connectivity index (χ1) is 12.9. The first kappa shape index (κ1) is 22.2. The molecule has 28 heavy (non-hydrogen) atoms. The maximum Gasteiger partial charge on any atom is 0.310 e. The van der Waals surface area contributed by atoms with Crippen LogP contribution in [0.25, 0.3) is 10.9 Å². The highest BCUT2D eigenvalue weighted by Crippen LogP contribution is 2.30. The fourth-order valence-electron chi connectivity index (χ4n) is 4.13. The molecule has 3 rings (SSSR count). The van der Waals surface area contributed by atoms with Crippen molar-refractivity contribution in [2.45, 2.75) is 46.1 Å². The van der Waals surface area contributed by atoms with Crippen LogP contribution in [-0.2, 0) is 17.8 Å². The van der Waals surface area contributed by atoms with Crippen LogP contribution in [0.3, 0.4) is 0 Å². The predicted molar refractivity (Wildman–Crippen MR) is 116 cm³/mol. The van der Waals surface area contributed by atoms with Crippen molar-refractivity contribution in [3.63, 3.8) is 0 Å². The van der Waals surface area contributed by atoms with Gasteiger partial charge in [-0.05, 0) is 44.4 Å². The molecule has 0 saturated heterocycles. The molecule has 0 radical (unpaired) electrons. The second-order valence-corrected chi connectivity index (χ2v) is 7.68. The van der Waals surface area contributed by atoms with Gasteiger partial charge in [-0.25, -0.2) is 0 Å². The van der Waals surface area contributed by atoms with Crippen LogP contribution in [0.5, 0.6) is 0 Å². The van der Waals surface area contributed by atoms with Crippen molar-refractivity contribution in [1.29, 1.82) is 0 Å². The Bertz CT molecular complexity index is 906. The van der Waals surface area contributed by atoms with E-state index in [1.54, 1.807) is 0 Å². The lowest BCUT2D eigenvalue weighted by molar-refractivity contribution is -0.150. The van der Waals surface area contributed by atoms with Gasteiger partial charge < -0.3 is 20.3 Å². The topological polar surface area (TPSA) is 85.4 Å². The summed E-state index contributed by atoms with van der Waals surface area (Å²) < 4.78 is 0. The van der Waals surface area contributed by atoms with Crippen molar-refractivity contribution < 1.29 is 9.90 Å². The monoisotopic (exact) mass is 407 g/mol. The van der Waals surface area contributed by atoms with Crippen molar-refractivity contribution in [3.05, 3.63) is 39.7 Å². The molecule has 2 heterocycles. The zero-order valence-corrected chi connectivity index (χ0v) is 17.6. The summed E-state index contributed by atoms with van der Waals surface area (Å²) in [5.41, 5.74) is 2.95. The van der Waals surface area contributed by atoms with Crippen molar-refractivity contribution >= 4 is 35.0 Å². The number of halogens is 1. The Morgan fingerprint density at radius 2 is 2.00 bits per heavy atom. The lowest BCUT2D eigenvalue weighted by Gasteiger charge is -2.31. The second-order valence-electron chi connectivity index (χ2n) is 7.68. The van der Waals surface area contributed by atoms with E-state index < -0.39 is 11.4 Å². The standard InChI is InChI=1S/C21H29N3O3.ClH/c1-4-21(5-2,20(26)27)13-24(3)12-14-8-9-15-17(11-14)23-19(25)16-7-6-10-22-18(15)16;/h8-9,11,22H,4-7,10,12-13H2,1-3H3,(H,23,25)(H,26,27);1H. The van der Waals surface area contributed by atoms with Gasteiger partial charge in [-0.3, -0.25) is 9.59 Å². The minimum atomic E-state index is -0.736. The van der Waals surface area contributed by atoms with E-state index in [9.17, 15) is 14.7 Å². The van der Waals surface area contributed by atoms with Crippen molar-refractivity contribution in [1.82, 2.24) is 9.88 Å². The number of nitrogens with zero attached hydrogens (tertiary/aromatic N) is 1. The first-order valence-electron chi connectivity index (χ1n) is 9.74. The summed E-state index contributed by atoms with van der Waals surface area (Å²) in [5.74, 6) is -0.736. The molecule has 0 atom stereocenters. The van der Waals surface area contributed by atoms with Crippen LogP contribution in [0, 0.1) is 5.41 Å². The van der Waals surface area contributed by atoms with Gasteiger partial charge in [0.05, 0.1) is 16.6 Å². The molecule has 0 spiro atoms. The molecule has 0 fully saturated rings. The zero-order valence-electron chi connectivity index (χ0n) is 16.8. The molecule has 1 aromatic heterocycles. The smallest absolute Gasteiger partial charge is 0.310 e. The lowest BCUT2D eigenvalue weighted by Crippen LogP contribution is -2.40. The number of aromatic nitrogens is 1. The van der Waals surface area contributed by atoms with Crippen LogP contribution >= 0.6 is 12.4 Å². The molecule has 0 amide bonds. The van der Waals surface area contributed by atoms with Crippen LogP contribution < -0.4 is 10.9 Å². The quantitative estimate of drug-likeness (QED) is 0.652. The summed E-state index contributed by atoms with van der Waals surface area (Å²) in [6, 6.07) is 6.12. The van der Waals surface area contributed by atoms with Crippen molar-refractivity contribution in [2.75, 3.05) is 25.5 Å². The molecule has 2 aromatic rings. The molecule has 7 heteroatoms. The van der Waals surface area contributed by atoms with Crippen LogP contribution in [0.1, 0.15) is 44.2 Å². The molecule has 1 aliphatic heterocycles. The number of benzene rings is 1. The van der Waals surface area contributed by atoms with Gasteiger partial charge in [0, 0.05) is 30.6 Å². The predicted octanol–water partition coefficient (Wildman–Crippen LogP) is 3.63. The van der Waals surface area contributed by atoms with Crippen LogP contribution in [-0.4, -0.2) is 41.1 Å². The maximum absolute atomic E-state index is 12.4. The molecule has 3 N–H and O–H groups in total. The third-order valence-corrected chi connectivity index (χ3v) is 5.92. The Morgan fingerprint density at radius 1 is 1.29 bits per heavy atom. The third-order valence-electron chi connectivity index (χ3n) is 5.92. The van der Waals surface area contributed by atoms with Crippen LogP contribution in [0.15, 0.2) is 23.0 Å². The Balaban J connectivity index is 0.00000280. The summed E-state index contributed by atoms with van der Waals surface area (Å²) in [5, 5.41) is 14.1. The highest BCUT2D eigenvalue weighted by Gasteiger charge is 2.35. The molecule has 1 aromatic carbocycles. The summed E-state index contributed by atoms with van der Waals surface area (Å²) in [6.45, 7) is 5.89. The fraction of sp³-hybridized carbons (Fsp3) is 0.524. The Hall–Kier alpha value is -2.05. The number of hydrogen-bond acceptors (Lipinski definition) is 4. The average molecular weight is 408 g/mol. The van der Waals surface area contributed by atoms with E-state index in [0.717, 1.165) is 47.1 Å². The molecule has 0 unspecified atom stereocenters. The number of H-pyrrole nitrogens is 1. The van der Waals surface area contributed by atoms with Gasteiger partial charge >= 0.3 is 5.97 Å². The van der Waals surface area contributed by atoms with Crippen molar-refractivity contribution in [3.8, 4) is 0 Å². The fourth-order valence-corrected chi connectivity index (χ4v) is 4.13.